The van der Waals surface area contributed by atoms with E-state index in [0.29, 0.717) is 11.3 Å². The van der Waals surface area contributed by atoms with Gasteiger partial charge < -0.3 is 10.2 Å². The van der Waals surface area contributed by atoms with Crippen molar-refractivity contribution in [3.63, 3.8) is 0 Å². The van der Waals surface area contributed by atoms with Crippen LogP contribution in [0.3, 0.4) is 0 Å². The number of nitrogens with one attached hydrogen (secondary N) is 1. The van der Waals surface area contributed by atoms with Gasteiger partial charge in [0.25, 0.3) is 11.8 Å². The van der Waals surface area contributed by atoms with E-state index in [-0.39, 0.29) is 11.8 Å². The molecule has 3 aromatic carbocycles. The Balaban J connectivity index is 1.79. The minimum atomic E-state index is -1.01. The predicted octanol–water partition coefficient (Wildman–Crippen LogP) is 3.26. The van der Waals surface area contributed by atoms with Crippen LogP contribution >= 0.6 is 0 Å². The van der Waals surface area contributed by atoms with E-state index >= 15 is 0 Å². The maximum absolute atomic E-state index is 13.1. The minimum absolute atomic E-state index is 0.289. The van der Waals surface area contributed by atoms with Crippen LogP contribution in [-0.2, 0) is 4.79 Å². The second kappa shape index (κ2) is 7.48. The van der Waals surface area contributed by atoms with Gasteiger partial charge >= 0.3 is 0 Å². The quantitative estimate of drug-likeness (QED) is 0.768. The van der Waals surface area contributed by atoms with Gasteiger partial charge in [-0.25, -0.2) is 4.99 Å². The Bertz CT molecular complexity index is 1050. The van der Waals surface area contributed by atoms with Gasteiger partial charge in [-0.2, -0.15) is 0 Å². The molecule has 0 bridgehead atoms. The normalized spacial score (nSPS) is 16.0. The predicted molar refractivity (Wildman–Crippen MR) is 110 cm³/mol. The van der Waals surface area contributed by atoms with Gasteiger partial charge in [-0.05, 0) is 18.2 Å². The summed E-state index contributed by atoms with van der Waals surface area (Å²) in [7, 11) is 1.70. The van der Waals surface area contributed by atoms with E-state index in [1.807, 2.05) is 60.7 Å². The lowest BCUT2D eigenvalue weighted by molar-refractivity contribution is -0.119. The van der Waals surface area contributed by atoms with Gasteiger partial charge in [-0.15, -0.1) is 0 Å². The van der Waals surface area contributed by atoms with Crippen molar-refractivity contribution in [3.8, 4) is 0 Å². The molecule has 1 unspecified atom stereocenters. The number of likely N-dealkylation sites (N-methyl/N-ethyl adjacent to an activating group) is 1. The van der Waals surface area contributed by atoms with Crippen LogP contribution in [-0.4, -0.2) is 30.7 Å². The average molecular weight is 371 g/mol. The Morgan fingerprint density at radius 2 is 1.50 bits per heavy atom. The van der Waals surface area contributed by atoms with Gasteiger partial charge in [0.15, 0.2) is 0 Å². The van der Waals surface area contributed by atoms with Crippen LogP contribution in [0.1, 0.15) is 21.5 Å². The Hall–Kier alpha value is -3.73. The van der Waals surface area contributed by atoms with Gasteiger partial charge in [-0.3, -0.25) is 9.59 Å². The Morgan fingerprint density at radius 1 is 0.893 bits per heavy atom. The zero-order chi connectivity index (χ0) is 19.5. The summed E-state index contributed by atoms with van der Waals surface area (Å²) in [5, 5.41) is 2.77. The topological polar surface area (TPSA) is 61.8 Å². The summed E-state index contributed by atoms with van der Waals surface area (Å²) in [5.74, 6) is -0.628. The minimum Gasteiger partial charge on any atom is -0.322 e. The third-order valence-corrected chi connectivity index (χ3v) is 4.69. The first-order valence-corrected chi connectivity index (χ1v) is 9.01. The largest absolute Gasteiger partial charge is 0.322 e. The van der Waals surface area contributed by atoms with Crippen molar-refractivity contribution in [3.05, 3.63) is 102 Å². The number of hydrogen-bond donors (Lipinski definition) is 1. The molecule has 0 saturated carbocycles. The fourth-order valence-electron chi connectivity index (χ4n) is 3.24. The first kappa shape index (κ1) is 17.7. The number of nitrogens with zero attached hydrogens (tertiary/aromatic N) is 2. The Labute approximate surface area is 163 Å². The number of benzodiazepines with no additional fused rings is 1. The molecule has 0 fully saturated rings. The van der Waals surface area contributed by atoms with E-state index < -0.39 is 6.17 Å². The Kier molecular flexibility index (Phi) is 4.72. The zero-order valence-corrected chi connectivity index (χ0v) is 15.4. The molecular weight excluding hydrogens is 352 g/mol. The van der Waals surface area contributed by atoms with Gasteiger partial charge in [0.05, 0.1) is 11.4 Å². The highest BCUT2D eigenvalue weighted by Gasteiger charge is 2.31. The summed E-state index contributed by atoms with van der Waals surface area (Å²) in [6.45, 7) is 0. The second-order valence-corrected chi connectivity index (χ2v) is 6.50. The molecule has 3 aromatic rings. The van der Waals surface area contributed by atoms with Crippen LogP contribution < -0.4 is 10.2 Å². The number of carbonyl (C=O) groups excluding carboxylic acids is 2. The summed E-state index contributed by atoms with van der Waals surface area (Å²) in [6.07, 6.45) is -1.01. The highest BCUT2D eigenvalue weighted by atomic mass is 16.2. The molecule has 1 N–H and O–H groups in total. The van der Waals surface area contributed by atoms with Crippen molar-refractivity contribution in [2.24, 2.45) is 4.99 Å². The molecule has 28 heavy (non-hydrogen) atoms. The molecule has 0 spiro atoms. The van der Waals surface area contributed by atoms with Crippen LogP contribution in [0.2, 0.25) is 0 Å². The molecule has 1 heterocycles. The molecule has 138 valence electrons. The van der Waals surface area contributed by atoms with E-state index in [0.717, 1.165) is 16.8 Å². The SMILES string of the molecule is [14CH3]N1C(=O)C(NC(=O)c2ccccc2)N=C(c2ccccc2)c2ccccc21. The highest BCUT2D eigenvalue weighted by molar-refractivity contribution is 6.20. The summed E-state index contributed by atoms with van der Waals surface area (Å²) >= 11 is 0. The monoisotopic (exact) mass is 371 g/mol. The molecular formula is C23H19N3O2. The maximum atomic E-state index is 13.1. The molecule has 0 radical (unpaired) electrons. The molecule has 5 heteroatoms. The van der Waals surface area contributed by atoms with Crippen molar-refractivity contribution in [2.75, 3.05) is 11.9 Å². The van der Waals surface area contributed by atoms with Crippen molar-refractivity contribution >= 4 is 23.2 Å². The third kappa shape index (κ3) is 3.30. The molecule has 1 atom stereocenters. The van der Waals surface area contributed by atoms with Gasteiger partial charge in [0, 0.05) is 23.7 Å². The number of hydrogen-bond acceptors (Lipinski definition) is 3. The maximum Gasteiger partial charge on any atom is 0.272 e. The van der Waals surface area contributed by atoms with Crippen LogP contribution in [0, 0.1) is 0 Å². The number of anilines is 1. The Morgan fingerprint density at radius 3 is 2.21 bits per heavy atom. The van der Waals surface area contributed by atoms with E-state index in [1.54, 1.807) is 36.2 Å². The molecule has 2 amide bonds. The smallest absolute Gasteiger partial charge is 0.272 e. The van der Waals surface area contributed by atoms with Gasteiger partial charge in [0.1, 0.15) is 0 Å². The molecule has 0 aromatic heterocycles. The molecule has 5 nitrogen and oxygen atoms in total. The summed E-state index contributed by atoms with van der Waals surface area (Å²) in [4.78, 5) is 31.9. The summed E-state index contributed by atoms with van der Waals surface area (Å²) in [5.41, 5.74) is 3.65. The molecule has 0 saturated heterocycles. The lowest BCUT2D eigenvalue weighted by atomic mass is 10.0. The van der Waals surface area contributed by atoms with Gasteiger partial charge in [0.2, 0.25) is 6.17 Å². The fourth-order valence-corrected chi connectivity index (χ4v) is 3.24. The number of rotatable bonds is 3. The van der Waals surface area contributed by atoms with Crippen molar-refractivity contribution in [1.29, 1.82) is 0 Å². The van der Waals surface area contributed by atoms with Gasteiger partial charge in [-0.1, -0.05) is 66.7 Å². The number of benzene rings is 3. The van der Waals surface area contributed by atoms with Crippen molar-refractivity contribution < 1.29 is 9.59 Å². The summed E-state index contributed by atoms with van der Waals surface area (Å²) in [6, 6.07) is 26.1. The number of fused-ring (bicyclic) bond motifs is 1. The number of aliphatic imine (C=N–C) groups is 1. The van der Waals surface area contributed by atoms with Crippen LogP contribution in [0.25, 0.3) is 0 Å². The first-order chi connectivity index (χ1) is 13.6. The van der Waals surface area contributed by atoms with Crippen molar-refractivity contribution in [1.82, 2.24) is 5.32 Å². The molecule has 1 aliphatic rings. The standard InChI is InChI=1S/C23H19N3O2/c1-26-19-15-9-8-14-18(19)20(16-10-4-2-5-11-16)24-21(23(26)28)25-22(27)17-12-6-3-7-13-17/h2-15,21H,1H3,(H,25,27)/i1+2. The number of para-hydroxylation sites is 1. The van der Waals surface area contributed by atoms with E-state index in [9.17, 15) is 9.59 Å². The van der Waals surface area contributed by atoms with Crippen LogP contribution in [0.15, 0.2) is 89.9 Å². The molecule has 0 aliphatic carbocycles. The van der Waals surface area contributed by atoms with E-state index in [1.165, 1.54) is 0 Å². The van der Waals surface area contributed by atoms with Crippen molar-refractivity contribution in [2.45, 2.75) is 6.17 Å². The zero-order valence-electron chi connectivity index (χ0n) is 15.4. The molecule has 4 rings (SSSR count). The lowest BCUT2D eigenvalue weighted by Crippen LogP contribution is -2.46. The van der Waals surface area contributed by atoms with Crippen LogP contribution in [0.5, 0.6) is 0 Å². The lowest BCUT2D eigenvalue weighted by Gasteiger charge is -2.20. The second-order valence-electron chi connectivity index (χ2n) is 6.50. The number of amides is 2. The highest BCUT2D eigenvalue weighted by Crippen LogP contribution is 2.27. The van der Waals surface area contributed by atoms with E-state index in [2.05, 4.69) is 10.3 Å². The average Bonchev–Trinajstić information content (AvgIpc) is 2.86. The summed E-state index contributed by atoms with van der Waals surface area (Å²) < 4.78 is 0. The fraction of sp³-hybridized carbons (Fsp3) is 0.0870. The van der Waals surface area contributed by atoms with Crippen LogP contribution in [0.4, 0.5) is 5.69 Å². The number of carbonyl (C=O) groups is 2. The first-order valence-electron chi connectivity index (χ1n) is 9.01. The van der Waals surface area contributed by atoms with E-state index in [4.69, 9.17) is 0 Å². The molecule has 1 aliphatic heterocycles. The third-order valence-electron chi connectivity index (χ3n) is 4.69.